The van der Waals surface area contributed by atoms with E-state index in [1.54, 1.807) is 18.2 Å². The molecule has 7 nitrogen and oxygen atoms in total. The van der Waals surface area contributed by atoms with Crippen molar-refractivity contribution in [2.24, 2.45) is 5.92 Å². The maximum Gasteiger partial charge on any atom is 0.340 e. The van der Waals surface area contributed by atoms with E-state index >= 15 is 0 Å². The number of aromatic hydroxyl groups is 1. The molecule has 3 aromatic rings. The van der Waals surface area contributed by atoms with Crippen molar-refractivity contribution in [3.63, 3.8) is 0 Å². The molecule has 0 radical (unpaired) electrons. The lowest BCUT2D eigenvalue weighted by atomic mass is 9.83. The molecule has 0 fully saturated rings. The summed E-state index contributed by atoms with van der Waals surface area (Å²) >= 11 is 0. The Morgan fingerprint density at radius 3 is 2.63 bits per heavy atom. The summed E-state index contributed by atoms with van der Waals surface area (Å²) in [5.41, 5.74) is 5.16. The number of aromatic amines is 1. The number of esters is 1. The number of carboxylic acid groups (broad SMARTS) is 1. The smallest absolute Gasteiger partial charge is 0.340 e. The Bertz CT molecular complexity index is 1320. The second-order valence-corrected chi connectivity index (χ2v) is 9.67. The van der Waals surface area contributed by atoms with Crippen molar-refractivity contribution in [2.45, 2.75) is 52.1 Å². The number of phenols is 1. The van der Waals surface area contributed by atoms with Gasteiger partial charge >= 0.3 is 11.9 Å². The monoisotopic (exact) mass is 475 g/mol. The number of rotatable bonds is 6. The average Bonchev–Trinajstić information content (AvgIpc) is 3.21. The fourth-order valence-electron chi connectivity index (χ4n) is 5.69. The second-order valence-electron chi connectivity index (χ2n) is 9.67. The van der Waals surface area contributed by atoms with Crippen LogP contribution < -0.4 is 0 Å². The van der Waals surface area contributed by atoms with Gasteiger partial charge in [-0.15, -0.1) is 0 Å². The number of aryl methyl sites for hydroxylation is 1. The molecule has 3 N–H and O–H groups in total. The number of carboxylic acids is 1. The highest BCUT2D eigenvalue weighted by atomic mass is 16.5. The summed E-state index contributed by atoms with van der Waals surface area (Å²) in [6, 6.07) is 9.80. The molecule has 1 aromatic heterocycles. The lowest BCUT2D eigenvalue weighted by Crippen LogP contribution is -2.37. The fraction of sp³-hybridized carbons (Fsp3) is 0.393. The summed E-state index contributed by atoms with van der Waals surface area (Å²) in [6.07, 6.45) is 6.51. The van der Waals surface area contributed by atoms with Gasteiger partial charge in [-0.25, -0.2) is 14.2 Å². The number of H-pyrrole nitrogens is 1. The molecule has 0 bridgehead atoms. The van der Waals surface area contributed by atoms with Crippen LogP contribution in [0.25, 0.3) is 10.9 Å². The average molecular weight is 476 g/mol. The van der Waals surface area contributed by atoms with E-state index < -0.39 is 11.9 Å². The first-order valence-corrected chi connectivity index (χ1v) is 12.4. The van der Waals surface area contributed by atoms with Gasteiger partial charge in [0.15, 0.2) is 5.71 Å². The highest BCUT2D eigenvalue weighted by molar-refractivity contribution is 6.07. The molecule has 2 aliphatic heterocycles. The van der Waals surface area contributed by atoms with Crippen LogP contribution >= 0.6 is 0 Å². The van der Waals surface area contributed by atoms with Crippen LogP contribution in [-0.2, 0) is 17.8 Å². The van der Waals surface area contributed by atoms with E-state index in [2.05, 4.69) is 9.56 Å². The quantitative estimate of drug-likeness (QED) is 0.350. The van der Waals surface area contributed by atoms with Crippen LogP contribution in [0.4, 0.5) is 0 Å². The first-order valence-electron chi connectivity index (χ1n) is 12.4. The minimum Gasteiger partial charge on any atom is -0.508 e. The third kappa shape index (κ3) is 4.55. The van der Waals surface area contributed by atoms with Crippen molar-refractivity contribution < 1.29 is 29.1 Å². The zero-order valence-corrected chi connectivity index (χ0v) is 20.0. The minimum absolute atomic E-state index is 0.0362. The van der Waals surface area contributed by atoms with Crippen molar-refractivity contribution >= 4 is 28.6 Å². The van der Waals surface area contributed by atoms with E-state index in [9.17, 15) is 14.7 Å². The first kappa shape index (κ1) is 23.1. The molecule has 2 aromatic carbocycles. The molecule has 0 amide bonds. The molecule has 2 aliphatic rings. The highest BCUT2D eigenvalue weighted by Crippen LogP contribution is 2.36. The number of carbonyl (C=O) groups excluding carboxylic acids is 1. The molecule has 0 saturated heterocycles. The normalized spacial score (nSPS) is 17.9. The van der Waals surface area contributed by atoms with Gasteiger partial charge in [0.05, 0.1) is 11.1 Å². The predicted molar refractivity (Wildman–Crippen MR) is 133 cm³/mol. The van der Waals surface area contributed by atoms with Crippen LogP contribution in [0.2, 0.25) is 0 Å². The summed E-state index contributed by atoms with van der Waals surface area (Å²) in [4.78, 5) is 27.6. The van der Waals surface area contributed by atoms with Gasteiger partial charge in [0.1, 0.15) is 25.4 Å². The summed E-state index contributed by atoms with van der Waals surface area (Å²) in [5.74, 6) is -0.878. The van der Waals surface area contributed by atoms with Crippen molar-refractivity contribution in [1.29, 1.82) is 0 Å². The Morgan fingerprint density at radius 2 is 1.86 bits per heavy atom. The molecule has 0 aliphatic carbocycles. The highest BCUT2D eigenvalue weighted by Gasteiger charge is 2.33. The number of hydrogen-bond acceptors (Lipinski definition) is 4. The van der Waals surface area contributed by atoms with Crippen LogP contribution in [0.3, 0.4) is 0 Å². The van der Waals surface area contributed by atoms with Crippen molar-refractivity contribution in [2.75, 3.05) is 13.1 Å². The van der Waals surface area contributed by atoms with E-state index in [-0.39, 0.29) is 17.9 Å². The Labute approximate surface area is 204 Å². The van der Waals surface area contributed by atoms with Crippen LogP contribution in [0, 0.1) is 12.8 Å². The molecule has 7 heteroatoms. The lowest BCUT2D eigenvalue weighted by molar-refractivity contribution is -0.540. The molecule has 3 heterocycles. The Balaban J connectivity index is 1.44. The van der Waals surface area contributed by atoms with Gasteiger partial charge in [-0.1, -0.05) is 12.1 Å². The van der Waals surface area contributed by atoms with E-state index in [4.69, 9.17) is 9.84 Å². The van der Waals surface area contributed by atoms with Crippen LogP contribution in [0.5, 0.6) is 5.75 Å². The van der Waals surface area contributed by atoms with Crippen molar-refractivity contribution in [3.8, 4) is 5.75 Å². The Kier molecular flexibility index (Phi) is 6.32. The number of aromatic nitrogens is 1. The minimum atomic E-state index is -0.997. The number of aromatic carboxylic acids is 1. The summed E-state index contributed by atoms with van der Waals surface area (Å²) in [5, 5.41) is 20.7. The van der Waals surface area contributed by atoms with Crippen molar-refractivity contribution in [3.05, 3.63) is 64.3 Å². The maximum absolute atomic E-state index is 13.2. The summed E-state index contributed by atoms with van der Waals surface area (Å²) in [7, 11) is 0. The van der Waals surface area contributed by atoms with E-state index in [0.717, 1.165) is 48.8 Å². The summed E-state index contributed by atoms with van der Waals surface area (Å²) in [6.45, 7) is 4.12. The molecular formula is C28H31N2O5+. The van der Waals surface area contributed by atoms with Crippen LogP contribution in [0.15, 0.2) is 36.4 Å². The molecule has 0 saturated carbocycles. The molecule has 1 atom stereocenters. The molecular weight excluding hydrogens is 444 g/mol. The molecule has 0 spiro atoms. The number of nitrogens with zero attached hydrogens (tertiary/aromatic N) is 1. The number of phenolic OH excluding ortho intramolecular Hbond substituents is 1. The lowest BCUT2D eigenvalue weighted by Gasteiger charge is -2.27. The van der Waals surface area contributed by atoms with Crippen molar-refractivity contribution in [1.82, 2.24) is 4.98 Å². The molecule has 1 unspecified atom stereocenters. The van der Waals surface area contributed by atoms with E-state index in [1.165, 1.54) is 30.7 Å². The van der Waals surface area contributed by atoms with Gasteiger partial charge in [0.25, 0.3) is 0 Å². The van der Waals surface area contributed by atoms with Gasteiger partial charge in [-0.05, 0) is 56.0 Å². The molecule has 5 rings (SSSR count). The van der Waals surface area contributed by atoms with Gasteiger partial charge in [0.2, 0.25) is 0 Å². The fourth-order valence-corrected chi connectivity index (χ4v) is 5.69. The van der Waals surface area contributed by atoms with E-state index in [0.29, 0.717) is 29.2 Å². The maximum atomic E-state index is 13.2. The Morgan fingerprint density at radius 1 is 1.09 bits per heavy atom. The number of carbonyl (C=O) groups is 2. The van der Waals surface area contributed by atoms with Crippen LogP contribution in [-0.4, -0.2) is 50.5 Å². The third-order valence-electron chi connectivity index (χ3n) is 7.43. The van der Waals surface area contributed by atoms with Gasteiger partial charge in [0, 0.05) is 47.3 Å². The van der Waals surface area contributed by atoms with Gasteiger partial charge in [-0.2, -0.15) is 0 Å². The molecule has 35 heavy (non-hydrogen) atoms. The Hall–Kier alpha value is -3.61. The number of hydrogen-bond donors (Lipinski definition) is 3. The van der Waals surface area contributed by atoms with Gasteiger partial charge in [-0.3, -0.25) is 0 Å². The first-order chi connectivity index (χ1) is 16.9. The number of benzene rings is 2. The van der Waals surface area contributed by atoms with Crippen LogP contribution in [0.1, 0.15) is 69.6 Å². The SMILES string of the molecule is Cc1[nH]c2ccc(O)c(CC3CCC[N+]4=C3CCCC4)c2c1C(=O)OCc1ccc(C(=O)O)cc1. The number of ether oxygens (including phenoxy) is 1. The zero-order valence-electron chi connectivity index (χ0n) is 20.0. The zero-order chi connectivity index (χ0) is 24.5. The van der Waals surface area contributed by atoms with E-state index in [1.807, 2.05) is 13.0 Å². The van der Waals surface area contributed by atoms with Gasteiger partial charge < -0.3 is 19.9 Å². The standard InChI is InChI=1S/C28H30N2O5/c1-17-25(28(34)35-16-18-7-9-19(10-8-18)27(32)33)26-21(24(31)12-11-22(26)29-17)15-20-5-4-14-30-13-3-2-6-23(20)30/h7-12,20H,2-6,13-16H2,1H3,(H2-,29,31,32,33,34)/p+1. The topological polar surface area (TPSA) is 103 Å². The number of fused-ring (bicyclic) bond motifs is 1. The number of nitrogens with one attached hydrogen (secondary N) is 1. The third-order valence-corrected chi connectivity index (χ3v) is 7.43. The largest absolute Gasteiger partial charge is 0.508 e. The predicted octanol–water partition coefficient (Wildman–Crippen LogP) is 4.83. The molecule has 182 valence electrons. The second kappa shape index (κ2) is 9.56. The summed E-state index contributed by atoms with van der Waals surface area (Å²) < 4.78 is 8.16.